The Balaban J connectivity index is 1.20. The summed E-state index contributed by atoms with van der Waals surface area (Å²) in [5.74, 6) is -0.113. The highest BCUT2D eigenvalue weighted by molar-refractivity contribution is 6.12. The number of piperidine rings is 1. The molecule has 0 spiro atoms. The molecule has 0 radical (unpaired) electrons. The lowest BCUT2D eigenvalue weighted by Gasteiger charge is -2.38. The van der Waals surface area contributed by atoms with Gasteiger partial charge in [0.2, 0.25) is 0 Å². The van der Waals surface area contributed by atoms with E-state index in [1.807, 2.05) is 40.8 Å². The molecule has 256 valence electrons. The van der Waals surface area contributed by atoms with Crippen molar-refractivity contribution in [2.24, 2.45) is 0 Å². The number of pyridine rings is 1. The lowest BCUT2D eigenvalue weighted by molar-refractivity contribution is -0.0366. The topological polar surface area (TPSA) is 102 Å². The van der Waals surface area contributed by atoms with Gasteiger partial charge in [-0.05, 0) is 75.3 Å². The lowest BCUT2D eigenvalue weighted by Crippen LogP contribution is -2.46. The third-order valence-corrected chi connectivity index (χ3v) is 11.1. The van der Waals surface area contributed by atoms with Crippen LogP contribution in [-0.4, -0.2) is 91.4 Å². The number of nitrogens with zero attached hydrogens (tertiary/aromatic N) is 7. The number of hydrogen-bond acceptors (Lipinski definition) is 9. The third-order valence-electron chi connectivity index (χ3n) is 11.1. The Morgan fingerprint density at radius 2 is 1.92 bits per heavy atom. The first-order chi connectivity index (χ1) is 23.8. The molecule has 2 aromatic carbocycles. The molecular formula is C37H41F2N7O3. The number of rotatable bonds is 6. The molecule has 4 saturated heterocycles. The van der Waals surface area contributed by atoms with E-state index >= 15 is 4.39 Å². The van der Waals surface area contributed by atoms with Gasteiger partial charge in [-0.3, -0.25) is 9.88 Å². The summed E-state index contributed by atoms with van der Waals surface area (Å²) >= 11 is 0. The van der Waals surface area contributed by atoms with Gasteiger partial charge >= 0.3 is 6.01 Å². The van der Waals surface area contributed by atoms with E-state index in [0.717, 1.165) is 66.7 Å². The van der Waals surface area contributed by atoms with Crippen LogP contribution in [0.1, 0.15) is 64.5 Å². The van der Waals surface area contributed by atoms with Crippen LogP contribution in [0.2, 0.25) is 0 Å². The zero-order chi connectivity index (χ0) is 33.3. The van der Waals surface area contributed by atoms with E-state index in [0.29, 0.717) is 55.9 Å². The molecule has 3 aromatic heterocycles. The molecule has 5 aromatic rings. The first-order valence-corrected chi connectivity index (χ1v) is 17.7. The number of fused-ring (bicyclic) bond motifs is 4. The number of benzene rings is 2. The second-order valence-electron chi connectivity index (χ2n) is 14.7. The maximum atomic E-state index is 17.3. The van der Waals surface area contributed by atoms with Gasteiger partial charge in [0.1, 0.15) is 29.8 Å². The van der Waals surface area contributed by atoms with Gasteiger partial charge in [0, 0.05) is 49.8 Å². The quantitative estimate of drug-likeness (QED) is 0.222. The van der Waals surface area contributed by atoms with Gasteiger partial charge in [0.05, 0.1) is 28.2 Å². The van der Waals surface area contributed by atoms with Crippen LogP contribution in [0, 0.1) is 5.82 Å². The Hall–Kier alpha value is -4.00. The van der Waals surface area contributed by atoms with Crippen LogP contribution in [0.3, 0.4) is 0 Å². The fraction of sp³-hybridized carbons (Fsp3) is 0.514. The number of hydrogen-bond donors (Lipinski definition) is 1. The average Bonchev–Trinajstić information content (AvgIpc) is 3.78. The molecule has 9 rings (SSSR count). The van der Waals surface area contributed by atoms with Crippen molar-refractivity contribution in [1.29, 1.82) is 0 Å². The minimum atomic E-state index is -0.928. The maximum Gasteiger partial charge on any atom is 0.319 e. The number of aromatic nitrogens is 5. The molecule has 1 N–H and O–H groups in total. The molecule has 0 aliphatic carbocycles. The molecule has 4 aliphatic heterocycles. The second kappa shape index (κ2) is 11.8. The Morgan fingerprint density at radius 1 is 1.04 bits per heavy atom. The molecule has 49 heavy (non-hydrogen) atoms. The zero-order valence-corrected chi connectivity index (χ0v) is 27.7. The van der Waals surface area contributed by atoms with Crippen LogP contribution < -0.4 is 9.64 Å². The molecule has 7 heterocycles. The molecule has 1 unspecified atom stereocenters. The van der Waals surface area contributed by atoms with Crippen molar-refractivity contribution in [3.63, 3.8) is 0 Å². The van der Waals surface area contributed by atoms with Gasteiger partial charge in [-0.25, -0.2) is 13.5 Å². The van der Waals surface area contributed by atoms with Gasteiger partial charge in [-0.15, -0.1) is 0 Å². The van der Waals surface area contributed by atoms with Crippen LogP contribution >= 0.6 is 0 Å². The van der Waals surface area contributed by atoms with Crippen LogP contribution in [0.15, 0.2) is 42.7 Å². The highest BCUT2D eigenvalue weighted by Crippen LogP contribution is 2.43. The van der Waals surface area contributed by atoms with Gasteiger partial charge in [0.15, 0.2) is 12.0 Å². The second-order valence-corrected chi connectivity index (χ2v) is 14.7. The maximum absolute atomic E-state index is 17.3. The van der Waals surface area contributed by atoms with E-state index in [2.05, 4.69) is 11.0 Å². The summed E-state index contributed by atoms with van der Waals surface area (Å²) < 4.78 is 46.2. The van der Waals surface area contributed by atoms with Crippen molar-refractivity contribution < 1.29 is 23.4 Å². The van der Waals surface area contributed by atoms with Gasteiger partial charge < -0.3 is 19.5 Å². The summed E-state index contributed by atoms with van der Waals surface area (Å²) in [5.41, 5.74) is 0.408. The third kappa shape index (κ3) is 5.30. The molecule has 4 fully saturated rings. The van der Waals surface area contributed by atoms with Crippen molar-refractivity contribution in [3.05, 3.63) is 48.5 Å². The molecule has 12 heteroatoms. The van der Waals surface area contributed by atoms with Gasteiger partial charge in [-0.1, -0.05) is 24.3 Å². The molecule has 0 amide bonds. The SMILES string of the molecule is C[C@@]1(O)CCCN(c2nc(OC[C@@]34CCCN3C[C@H](F)C4)nc3c(F)c(-c4c5ccccc5cc5c4cnn5C4CCCCO4)ncc23)C1. The summed E-state index contributed by atoms with van der Waals surface area (Å²) in [4.78, 5) is 18.4. The van der Waals surface area contributed by atoms with Gasteiger partial charge in [0.25, 0.3) is 0 Å². The Kier molecular flexibility index (Phi) is 7.47. The highest BCUT2D eigenvalue weighted by Gasteiger charge is 2.49. The summed E-state index contributed by atoms with van der Waals surface area (Å²) in [6.45, 7) is 4.92. The Labute approximate surface area is 283 Å². The van der Waals surface area contributed by atoms with Crippen molar-refractivity contribution in [1.82, 2.24) is 29.6 Å². The number of β-amino-alcohol motifs (C(OH)–C–C–N with tert-alkyl or cyclic N) is 1. The first-order valence-electron chi connectivity index (χ1n) is 17.7. The molecular weight excluding hydrogens is 628 g/mol. The Bertz CT molecular complexity index is 2070. The fourth-order valence-corrected chi connectivity index (χ4v) is 8.80. The van der Waals surface area contributed by atoms with E-state index in [9.17, 15) is 9.50 Å². The number of aliphatic hydroxyl groups is 1. The van der Waals surface area contributed by atoms with Crippen molar-refractivity contribution in [2.45, 2.75) is 81.8 Å². The monoisotopic (exact) mass is 669 g/mol. The largest absolute Gasteiger partial charge is 0.461 e. The standard InChI is InChI=1S/C37H41F2N7O3/c1-36(47)11-6-13-44(21-36)34-27-18-40-33(31(39)32(27)42-35(43-34)49-22-37-12-7-14-45(37)20-24(38)17-37)30-25-9-3-2-8-23(25)16-28-26(30)19-41-46(28)29-10-4-5-15-48-29/h2-3,8-9,16,18-19,24,29,47H,4-7,10-15,17,20-22H2,1H3/t24-,29?,36-,37+/m1/s1. The van der Waals surface area contributed by atoms with Gasteiger partial charge in [-0.2, -0.15) is 15.1 Å². The smallest absolute Gasteiger partial charge is 0.319 e. The average molecular weight is 670 g/mol. The molecule has 10 nitrogen and oxygen atoms in total. The summed E-state index contributed by atoms with van der Waals surface area (Å²) in [6.07, 6.45) is 8.91. The van der Waals surface area contributed by atoms with Crippen molar-refractivity contribution in [2.75, 3.05) is 44.3 Å². The number of alkyl halides is 1. The number of anilines is 1. The van der Waals surface area contributed by atoms with Crippen LogP contribution in [0.4, 0.5) is 14.6 Å². The van der Waals surface area contributed by atoms with Crippen LogP contribution in [0.25, 0.3) is 43.8 Å². The zero-order valence-electron chi connectivity index (χ0n) is 27.7. The highest BCUT2D eigenvalue weighted by atomic mass is 19.1. The van der Waals surface area contributed by atoms with E-state index in [1.165, 1.54) is 0 Å². The van der Waals surface area contributed by atoms with E-state index < -0.39 is 23.1 Å². The van der Waals surface area contributed by atoms with Crippen molar-refractivity contribution in [3.8, 4) is 17.3 Å². The van der Waals surface area contributed by atoms with Crippen LogP contribution in [-0.2, 0) is 4.74 Å². The predicted octanol–water partition coefficient (Wildman–Crippen LogP) is 6.34. The molecule has 4 aliphatic rings. The molecule has 0 bridgehead atoms. The predicted molar refractivity (Wildman–Crippen MR) is 183 cm³/mol. The van der Waals surface area contributed by atoms with E-state index in [1.54, 1.807) is 12.4 Å². The minimum Gasteiger partial charge on any atom is -0.461 e. The minimum absolute atomic E-state index is 0.0395. The first kappa shape index (κ1) is 31.0. The lowest BCUT2D eigenvalue weighted by atomic mass is 9.95. The van der Waals surface area contributed by atoms with E-state index in [-0.39, 0.29) is 30.1 Å². The Morgan fingerprint density at radius 3 is 2.78 bits per heavy atom. The number of halogens is 2. The molecule has 4 atom stereocenters. The number of ether oxygens (including phenoxy) is 2. The summed E-state index contributed by atoms with van der Waals surface area (Å²) in [7, 11) is 0. The fourth-order valence-electron chi connectivity index (χ4n) is 8.80. The van der Waals surface area contributed by atoms with Crippen LogP contribution in [0.5, 0.6) is 6.01 Å². The summed E-state index contributed by atoms with van der Waals surface area (Å²) in [5, 5.41) is 18.8. The van der Waals surface area contributed by atoms with E-state index in [4.69, 9.17) is 29.5 Å². The van der Waals surface area contributed by atoms with Crippen molar-refractivity contribution >= 4 is 38.4 Å². The summed E-state index contributed by atoms with van der Waals surface area (Å²) in [6, 6.07) is 10.0. The normalized spacial score (nSPS) is 27.8. The molecule has 0 saturated carbocycles.